The highest BCUT2D eigenvalue weighted by atomic mass is 33.1. The van der Waals surface area contributed by atoms with Crippen LogP contribution in [0.4, 0.5) is 0 Å². The number of esters is 2. The normalized spacial score (nSPS) is 23.7. The van der Waals surface area contributed by atoms with Crippen LogP contribution in [0.15, 0.2) is 25.3 Å². The average molecular weight is 717 g/mol. The molecule has 2 aliphatic heterocycles. The number of hydrogen-bond acceptors (Lipinski definition) is 10. The van der Waals surface area contributed by atoms with Gasteiger partial charge in [-0.05, 0) is 50.1 Å². The molecule has 2 rings (SSSR count). The van der Waals surface area contributed by atoms with Crippen molar-refractivity contribution in [2.75, 3.05) is 26.3 Å². The third kappa shape index (κ3) is 9.52. The molecule has 6 atom stereocenters. The molecule has 0 radical (unpaired) electrons. The van der Waals surface area contributed by atoms with Gasteiger partial charge in [-0.3, -0.25) is 19.2 Å². The first kappa shape index (κ1) is 40.6. The summed E-state index contributed by atoms with van der Waals surface area (Å²) in [4.78, 5) is 55.2. The third-order valence-corrected chi connectivity index (χ3v) is 21.8. The van der Waals surface area contributed by atoms with Crippen molar-refractivity contribution in [3.63, 3.8) is 0 Å². The first-order valence-corrected chi connectivity index (χ1v) is 23.9. The molecule has 46 heavy (non-hydrogen) atoms. The molecule has 2 amide bonds. The Hall–Kier alpha value is -1.59. The fourth-order valence-electron chi connectivity index (χ4n) is 4.74. The molecule has 0 aromatic heterocycles. The van der Waals surface area contributed by atoms with Crippen LogP contribution < -0.4 is 0 Å². The zero-order valence-electron chi connectivity index (χ0n) is 29.8. The molecule has 2 fully saturated rings. The van der Waals surface area contributed by atoms with E-state index in [0.29, 0.717) is 0 Å². The van der Waals surface area contributed by atoms with Crippen molar-refractivity contribution in [2.24, 2.45) is 11.8 Å². The van der Waals surface area contributed by atoms with Gasteiger partial charge in [0.05, 0.1) is 24.0 Å². The molecule has 0 aromatic carbocycles. The monoisotopic (exact) mass is 716 g/mol. The Morgan fingerprint density at radius 1 is 0.739 bits per heavy atom. The van der Waals surface area contributed by atoms with E-state index in [2.05, 4.69) is 80.9 Å². The summed E-state index contributed by atoms with van der Waals surface area (Å²) >= 11 is 0. The van der Waals surface area contributed by atoms with Crippen molar-refractivity contribution in [2.45, 2.75) is 115 Å². The number of amides is 2. The second-order valence-corrected chi connectivity index (χ2v) is 27.1. The van der Waals surface area contributed by atoms with Crippen molar-refractivity contribution in [3.8, 4) is 0 Å². The Morgan fingerprint density at radius 2 is 1.04 bits per heavy atom. The van der Waals surface area contributed by atoms with Crippen molar-refractivity contribution in [1.29, 1.82) is 0 Å². The smallest absolute Gasteiger partial charge is 0.325 e. The molecule has 14 heteroatoms. The lowest BCUT2D eigenvalue weighted by Crippen LogP contribution is -2.66. The molecule has 0 aromatic rings. The summed E-state index contributed by atoms with van der Waals surface area (Å²) < 4.78 is 23.6. The predicted molar refractivity (Wildman–Crippen MR) is 191 cm³/mol. The van der Waals surface area contributed by atoms with E-state index in [1.165, 1.54) is 43.5 Å². The minimum Gasteiger partial charge on any atom is -0.460 e. The van der Waals surface area contributed by atoms with Gasteiger partial charge >= 0.3 is 11.9 Å². The number of rotatable bonds is 17. The highest BCUT2D eigenvalue weighted by Gasteiger charge is 2.57. The van der Waals surface area contributed by atoms with E-state index in [0.717, 1.165) is 0 Å². The van der Waals surface area contributed by atoms with E-state index in [-0.39, 0.29) is 48.2 Å². The fourth-order valence-corrected chi connectivity index (χ4v) is 11.3. The fraction of sp³-hybridized carbons (Fsp3) is 0.750. The van der Waals surface area contributed by atoms with E-state index >= 15 is 0 Å². The van der Waals surface area contributed by atoms with E-state index in [9.17, 15) is 19.2 Å². The van der Waals surface area contributed by atoms with Crippen LogP contribution in [-0.4, -0.2) is 99.4 Å². The molecule has 0 bridgehead atoms. The van der Waals surface area contributed by atoms with Crippen LogP contribution in [0.1, 0.15) is 55.4 Å². The summed E-state index contributed by atoms with van der Waals surface area (Å²) in [6.45, 7) is 32.2. The minimum atomic E-state index is -2.21. The molecular formula is C32H56N2O8S2Si2. The molecule has 262 valence electrons. The summed E-state index contributed by atoms with van der Waals surface area (Å²) in [6.07, 6.45) is 2.17. The van der Waals surface area contributed by atoms with Crippen molar-refractivity contribution >= 4 is 62.0 Å². The van der Waals surface area contributed by atoms with Gasteiger partial charge in [0.2, 0.25) is 11.8 Å². The molecule has 10 nitrogen and oxygen atoms in total. The zero-order chi connectivity index (χ0) is 35.4. The Labute approximate surface area is 286 Å². The summed E-state index contributed by atoms with van der Waals surface area (Å²) in [5.41, 5.74) is 0. The van der Waals surface area contributed by atoms with E-state index < -0.39 is 63.4 Å². The number of hydrogen-bond donors (Lipinski definition) is 0. The number of likely N-dealkylation sites (tertiary alicyclic amines) is 2. The van der Waals surface area contributed by atoms with Crippen LogP contribution >= 0.6 is 21.6 Å². The van der Waals surface area contributed by atoms with Gasteiger partial charge in [0, 0.05) is 0 Å². The van der Waals surface area contributed by atoms with Crippen molar-refractivity contribution in [3.05, 3.63) is 25.3 Å². The maximum atomic E-state index is 13.5. The molecule has 0 saturated carbocycles. The highest BCUT2D eigenvalue weighted by Crippen LogP contribution is 2.51. The second-order valence-electron chi connectivity index (χ2n) is 15.1. The quantitative estimate of drug-likeness (QED) is 0.0566. The first-order valence-electron chi connectivity index (χ1n) is 15.8. The number of carbonyl (C=O) groups excluding carboxylic acids is 4. The van der Waals surface area contributed by atoms with Gasteiger partial charge in [0.15, 0.2) is 16.6 Å². The molecule has 2 saturated heterocycles. The summed E-state index contributed by atoms with van der Waals surface area (Å²) in [5, 5.41) is -0.951. The molecule has 2 aliphatic rings. The summed E-state index contributed by atoms with van der Waals surface area (Å²) in [5.74, 6) is -2.42. The van der Waals surface area contributed by atoms with Gasteiger partial charge in [-0.1, -0.05) is 88.4 Å². The number of ether oxygens (including phenoxy) is 2. The van der Waals surface area contributed by atoms with Crippen molar-refractivity contribution in [1.82, 2.24) is 9.80 Å². The number of carbonyl (C=O) groups is 4. The topological polar surface area (TPSA) is 112 Å². The van der Waals surface area contributed by atoms with Crippen LogP contribution in [0.2, 0.25) is 36.3 Å². The van der Waals surface area contributed by atoms with E-state index in [1.54, 1.807) is 0 Å². The summed E-state index contributed by atoms with van der Waals surface area (Å²) in [6, 6.07) is 0. The Balaban J connectivity index is 2.36. The molecule has 6 unspecified atom stereocenters. The average Bonchev–Trinajstić information content (AvgIpc) is 2.91. The minimum absolute atomic E-state index is 0.0522. The maximum absolute atomic E-state index is 13.5. The molecule has 0 aliphatic carbocycles. The van der Waals surface area contributed by atoms with Gasteiger partial charge in [-0.2, -0.15) is 0 Å². The SMILES string of the molecule is C=CCOC(=O)CN1C(=O)C(C(C)O[Si](C)(C)C(C)(C)C)C1SSC1C(C(C)O[Si](C)(C)C(C)(C)C)C(=O)N1CC(=O)OCC=C. The zero-order valence-corrected chi connectivity index (χ0v) is 33.5. The van der Waals surface area contributed by atoms with Crippen LogP contribution in [0.5, 0.6) is 0 Å². The largest absolute Gasteiger partial charge is 0.460 e. The summed E-state index contributed by atoms with van der Waals surface area (Å²) in [7, 11) is -1.60. The Kier molecular flexibility index (Phi) is 13.9. The van der Waals surface area contributed by atoms with Gasteiger partial charge in [-0.15, -0.1) is 0 Å². The molecular weight excluding hydrogens is 661 g/mol. The van der Waals surface area contributed by atoms with Gasteiger partial charge in [0.1, 0.15) is 37.1 Å². The standard InChI is InChI=1S/C32H56N2O8S2Si2/c1-15-17-39-23(35)19-33-27(37)25(21(3)41-45(11,12)31(5,6)7)29(33)43-44-30-26(22(4)42-46(13,14)32(8,9)10)28(38)34(30)20-24(36)40-18-16-2/h15-16,21-22,25-26,29-30H,1-2,17-20H2,3-14H3. The highest BCUT2D eigenvalue weighted by molar-refractivity contribution is 8.77. The van der Waals surface area contributed by atoms with Crippen molar-refractivity contribution < 1.29 is 37.5 Å². The van der Waals surface area contributed by atoms with Crippen LogP contribution in [0.25, 0.3) is 0 Å². The van der Waals surface area contributed by atoms with Crippen LogP contribution in [0.3, 0.4) is 0 Å². The maximum Gasteiger partial charge on any atom is 0.325 e. The van der Waals surface area contributed by atoms with Gasteiger partial charge < -0.3 is 28.1 Å². The van der Waals surface area contributed by atoms with Crippen LogP contribution in [-0.2, 0) is 37.5 Å². The number of nitrogens with zero attached hydrogens (tertiary/aromatic N) is 2. The first-order chi connectivity index (χ1) is 21.0. The Bertz CT molecular complexity index is 1070. The number of β-lactam (4-membered cyclic amide) rings is 2. The second kappa shape index (κ2) is 15.8. The van der Waals surface area contributed by atoms with Gasteiger partial charge in [0.25, 0.3) is 0 Å². The van der Waals surface area contributed by atoms with E-state index in [1.807, 2.05) is 13.8 Å². The lowest BCUT2D eigenvalue weighted by atomic mass is 9.93. The molecule has 2 heterocycles. The Morgan fingerprint density at radius 3 is 1.30 bits per heavy atom. The molecule has 0 spiro atoms. The molecule has 0 N–H and O–H groups in total. The lowest BCUT2D eigenvalue weighted by Gasteiger charge is -2.53. The lowest BCUT2D eigenvalue weighted by molar-refractivity contribution is -0.164. The third-order valence-electron chi connectivity index (χ3n) is 9.53. The van der Waals surface area contributed by atoms with Gasteiger partial charge in [-0.25, -0.2) is 0 Å². The predicted octanol–water partition coefficient (Wildman–Crippen LogP) is 6.22. The van der Waals surface area contributed by atoms with E-state index in [4.69, 9.17) is 18.3 Å². The van der Waals surface area contributed by atoms with Crippen LogP contribution in [0, 0.1) is 11.8 Å².